The van der Waals surface area contributed by atoms with E-state index in [1.807, 2.05) is 0 Å². The summed E-state index contributed by atoms with van der Waals surface area (Å²) < 4.78 is 1.18. The van der Waals surface area contributed by atoms with E-state index in [1.54, 1.807) is 0 Å². The van der Waals surface area contributed by atoms with Gasteiger partial charge < -0.3 is 5.32 Å². The van der Waals surface area contributed by atoms with E-state index in [1.165, 1.54) is 36.0 Å². The lowest BCUT2D eigenvalue weighted by molar-refractivity contribution is 0.164. The Morgan fingerprint density at radius 2 is 2.26 bits per heavy atom. The van der Waals surface area contributed by atoms with Crippen LogP contribution < -0.4 is 5.32 Å². The molecule has 106 valence electrons. The van der Waals surface area contributed by atoms with Crippen molar-refractivity contribution in [2.45, 2.75) is 39.3 Å². The van der Waals surface area contributed by atoms with Gasteiger partial charge in [-0.2, -0.15) is 0 Å². The number of hydrogen-bond donors (Lipinski definition) is 1. The molecule has 0 aromatic heterocycles. The smallest absolute Gasteiger partial charge is 0.0234 e. The number of halogens is 1. The molecule has 0 saturated carbocycles. The minimum atomic E-state index is 0.598. The summed E-state index contributed by atoms with van der Waals surface area (Å²) in [7, 11) is 0. The van der Waals surface area contributed by atoms with Crippen LogP contribution in [0.3, 0.4) is 0 Å². The molecule has 1 atom stereocenters. The van der Waals surface area contributed by atoms with Crippen LogP contribution in [0, 0.1) is 5.92 Å². The monoisotopic (exact) mass is 324 g/mol. The summed E-state index contributed by atoms with van der Waals surface area (Å²) in [4.78, 5) is 2.60. The molecule has 1 fully saturated rings. The summed E-state index contributed by atoms with van der Waals surface area (Å²) in [6.07, 6.45) is 2.70. The standard InChI is InChI=1S/C16H25BrN2/c1-13(2)18-10-15-6-4-8-19(12-15)11-14-5-3-7-16(17)9-14/h3,5,7,9,13,15,18H,4,6,8,10-12H2,1-2H3. The Morgan fingerprint density at radius 3 is 3.00 bits per heavy atom. The van der Waals surface area contributed by atoms with Crippen LogP contribution in [0.5, 0.6) is 0 Å². The highest BCUT2D eigenvalue weighted by atomic mass is 79.9. The van der Waals surface area contributed by atoms with E-state index in [9.17, 15) is 0 Å². The highest BCUT2D eigenvalue weighted by Gasteiger charge is 2.19. The fourth-order valence-corrected chi connectivity index (χ4v) is 3.20. The first-order valence-corrected chi connectivity index (χ1v) is 8.13. The zero-order valence-corrected chi connectivity index (χ0v) is 13.6. The maximum absolute atomic E-state index is 3.57. The number of benzene rings is 1. The highest BCUT2D eigenvalue weighted by Crippen LogP contribution is 2.19. The van der Waals surface area contributed by atoms with Crippen molar-refractivity contribution in [1.82, 2.24) is 10.2 Å². The first kappa shape index (κ1) is 15.0. The maximum atomic E-state index is 3.57. The SMILES string of the molecule is CC(C)NCC1CCCN(Cc2cccc(Br)c2)C1. The Labute approximate surface area is 125 Å². The molecule has 3 heteroatoms. The van der Waals surface area contributed by atoms with Crippen molar-refractivity contribution in [2.75, 3.05) is 19.6 Å². The van der Waals surface area contributed by atoms with Crippen LogP contribution in [0.2, 0.25) is 0 Å². The van der Waals surface area contributed by atoms with E-state index in [0.29, 0.717) is 6.04 Å². The number of piperidine rings is 1. The van der Waals surface area contributed by atoms with Gasteiger partial charge in [-0.25, -0.2) is 0 Å². The topological polar surface area (TPSA) is 15.3 Å². The number of nitrogens with zero attached hydrogens (tertiary/aromatic N) is 1. The zero-order valence-electron chi connectivity index (χ0n) is 12.0. The van der Waals surface area contributed by atoms with Crippen molar-refractivity contribution in [3.8, 4) is 0 Å². The number of nitrogens with one attached hydrogen (secondary N) is 1. The average molecular weight is 325 g/mol. The molecule has 1 saturated heterocycles. The minimum absolute atomic E-state index is 0.598. The van der Waals surface area contributed by atoms with Crippen LogP contribution in [0.25, 0.3) is 0 Å². The molecule has 1 N–H and O–H groups in total. The lowest BCUT2D eigenvalue weighted by Gasteiger charge is -2.33. The molecule has 1 aliphatic rings. The average Bonchev–Trinajstić information content (AvgIpc) is 2.37. The normalized spacial score (nSPS) is 20.9. The van der Waals surface area contributed by atoms with Gasteiger partial charge in [-0.05, 0) is 49.5 Å². The molecule has 19 heavy (non-hydrogen) atoms. The van der Waals surface area contributed by atoms with Gasteiger partial charge in [0.1, 0.15) is 0 Å². The minimum Gasteiger partial charge on any atom is -0.314 e. The predicted octanol–water partition coefficient (Wildman–Crippen LogP) is 3.66. The van der Waals surface area contributed by atoms with E-state index in [2.05, 4.69) is 64.3 Å². The lowest BCUT2D eigenvalue weighted by Crippen LogP contribution is -2.40. The van der Waals surface area contributed by atoms with Gasteiger partial charge in [-0.15, -0.1) is 0 Å². The van der Waals surface area contributed by atoms with Gasteiger partial charge in [0, 0.05) is 23.6 Å². The number of likely N-dealkylation sites (tertiary alicyclic amines) is 1. The molecule has 0 bridgehead atoms. The second-order valence-corrected chi connectivity index (χ2v) is 6.85. The number of rotatable bonds is 5. The van der Waals surface area contributed by atoms with Crippen LogP contribution in [0.15, 0.2) is 28.7 Å². The molecule has 0 aliphatic carbocycles. The largest absolute Gasteiger partial charge is 0.314 e. The van der Waals surface area contributed by atoms with Gasteiger partial charge in [0.25, 0.3) is 0 Å². The van der Waals surface area contributed by atoms with E-state index >= 15 is 0 Å². The molecule has 2 nitrogen and oxygen atoms in total. The molecule has 0 spiro atoms. The van der Waals surface area contributed by atoms with Gasteiger partial charge in [0.15, 0.2) is 0 Å². The third-order valence-corrected chi connectivity index (χ3v) is 4.21. The first-order chi connectivity index (χ1) is 9.13. The Balaban J connectivity index is 1.83. The number of hydrogen-bond acceptors (Lipinski definition) is 2. The summed E-state index contributed by atoms with van der Waals surface area (Å²) in [5.41, 5.74) is 1.41. The molecule has 0 amide bonds. The molecule has 1 heterocycles. The third kappa shape index (κ3) is 5.25. The highest BCUT2D eigenvalue weighted by molar-refractivity contribution is 9.10. The first-order valence-electron chi connectivity index (χ1n) is 7.33. The quantitative estimate of drug-likeness (QED) is 0.889. The predicted molar refractivity (Wildman–Crippen MR) is 85.3 cm³/mol. The second-order valence-electron chi connectivity index (χ2n) is 5.94. The van der Waals surface area contributed by atoms with Crippen molar-refractivity contribution in [1.29, 1.82) is 0 Å². The van der Waals surface area contributed by atoms with Crippen molar-refractivity contribution < 1.29 is 0 Å². The Hall–Kier alpha value is -0.380. The van der Waals surface area contributed by atoms with Crippen LogP contribution >= 0.6 is 15.9 Å². The van der Waals surface area contributed by atoms with Crippen LogP contribution in [0.1, 0.15) is 32.3 Å². The molecular formula is C16H25BrN2. The summed E-state index contributed by atoms with van der Waals surface area (Å²) in [5.74, 6) is 0.809. The third-order valence-electron chi connectivity index (χ3n) is 3.71. The van der Waals surface area contributed by atoms with E-state index < -0.39 is 0 Å². The summed E-state index contributed by atoms with van der Waals surface area (Å²) in [6, 6.07) is 9.27. The van der Waals surface area contributed by atoms with Crippen LogP contribution in [-0.2, 0) is 6.54 Å². The van der Waals surface area contributed by atoms with Crippen LogP contribution in [0.4, 0.5) is 0 Å². The van der Waals surface area contributed by atoms with Crippen molar-refractivity contribution in [2.24, 2.45) is 5.92 Å². The Kier molecular flexibility index (Phi) is 5.86. The Bertz CT molecular complexity index is 392. The van der Waals surface area contributed by atoms with Crippen molar-refractivity contribution >= 4 is 15.9 Å². The second kappa shape index (κ2) is 7.41. The molecule has 2 rings (SSSR count). The zero-order chi connectivity index (χ0) is 13.7. The molecule has 1 aromatic carbocycles. The summed E-state index contributed by atoms with van der Waals surface area (Å²) in [5, 5.41) is 3.57. The maximum Gasteiger partial charge on any atom is 0.0234 e. The van der Waals surface area contributed by atoms with Crippen LogP contribution in [-0.4, -0.2) is 30.6 Å². The molecule has 1 aromatic rings. The van der Waals surface area contributed by atoms with Gasteiger partial charge in [0.05, 0.1) is 0 Å². The van der Waals surface area contributed by atoms with Crippen molar-refractivity contribution in [3.63, 3.8) is 0 Å². The molecule has 1 unspecified atom stereocenters. The van der Waals surface area contributed by atoms with E-state index in [-0.39, 0.29) is 0 Å². The van der Waals surface area contributed by atoms with Gasteiger partial charge in [-0.3, -0.25) is 4.90 Å². The summed E-state index contributed by atoms with van der Waals surface area (Å²) in [6.45, 7) is 9.16. The van der Waals surface area contributed by atoms with E-state index in [0.717, 1.165) is 19.0 Å². The van der Waals surface area contributed by atoms with Gasteiger partial charge in [-0.1, -0.05) is 41.9 Å². The molecular weight excluding hydrogens is 300 g/mol. The van der Waals surface area contributed by atoms with E-state index in [4.69, 9.17) is 0 Å². The lowest BCUT2D eigenvalue weighted by atomic mass is 9.97. The molecule has 0 radical (unpaired) electrons. The Morgan fingerprint density at radius 1 is 1.42 bits per heavy atom. The van der Waals surface area contributed by atoms with Crippen molar-refractivity contribution in [3.05, 3.63) is 34.3 Å². The van der Waals surface area contributed by atoms with Gasteiger partial charge >= 0.3 is 0 Å². The molecule has 1 aliphatic heterocycles. The fourth-order valence-electron chi connectivity index (χ4n) is 2.76. The summed E-state index contributed by atoms with van der Waals surface area (Å²) >= 11 is 3.55. The van der Waals surface area contributed by atoms with Gasteiger partial charge in [0.2, 0.25) is 0 Å². The fraction of sp³-hybridized carbons (Fsp3) is 0.625.